The van der Waals surface area contributed by atoms with Gasteiger partial charge in [-0.25, -0.2) is 0 Å². The van der Waals surface area contributed by atoms with Crippen LogP contribution in [-0.4, -0.2) is 12.0 Å². The highest BCUT2D eigenvalue weighted by Crippen LogP contribution is 2.25. The number of hydrogen-bond donors (Lipinski definition) is 2. The molecule has 2 aromatic rings. The Balaban J connectivity index is 2.03. The van der Waals surface area contributed by atoms with E-state index in [-0.39, 0.29) is 11.4 Å². The van der Waals surface area contributed by atoms with Crippen molar-refractivity contribution >= 4 is 17.1 Å². The highest BCUT2D eigenvalue weighted by Gasteiger charge is 2.10. The number of hydrogen-bond acceptors (Lipinski definition) is 5. The molecule has 0 aliphatic heterocycles. The molecule has 0 saturated heterocycles. The predicted octanol–water partition coefficient (Wildman–Crippen LogP) is 2.80. The van der Waals surface area contributed by atoms with Crippen LogP contribution in [0.25, 0.3) is 0 Å². The van der Waals surface area contributed by atoms with Gasteiger partial charge in [-0.2, -0.15) is 0 Å². The number of nitro benzene ring substituents is 1. The second kappa shape index (κ2) is 5.92. The summed E-state index contributed by atoms with van der Waals surface area (Å²) in [5.74, 6) is 0.799. The summed E-state index contributed by atoms with van der Waals surface area (Å²) in [4.78, 5) is 10.2. The van der Waals surface area contributed by atoms with Gasteiger partial charge in [0.05, 0.1) is 12.0 Å². The molecule has 0 bridgehead atoms. The number of benzene rings is 2. The molecule has 104 valence electrons. The van der Waals surface area contributed by atoms with E-state index < -0.39 is 4.92 Å². The molecule has 0 fully saturated rings. The number of nitrogens with two attached hydrogens (primary N) is 1. The van der Waals surface area contributed by atoms with Crippen LogP contribution in [-0.2, 0) is 6.54 Å². The van der Waals surface area contributed by atoms with Gasteiger partial charge in [0.25, 0.3) is 5.69 Å². The van der Waals surface area contributed by atoms with Gasteiger partial charge >= 0.3 is 0 Å². The van der Waals surface area contributed by atoms with Gasteiger partial charge in [-0.15, -0.1) is 0 Å². The molecule has 0 radical (unpaired) electrons. The monoisotopic (exact) mass is 273 g/mol. The molecule has 3 N–H and O–H groups in total. The topological polar surface area (TPSA) is 90.4 Å². The van der Waals surface area contributed by atoms with Crippen LogP contribution < -0.4 is 15.8 Å². The first-order valence-electron chi connectivity index (χ1n) is 6.01. The van der Waals surface area contributed by atoms with Crippen molar-refractivity contribution in [1.82, 2.24) is 0 Å². The zero-order valence-electron chi connectivity index (χ0n) is 11.0. The lowest BCUT2D eigenvalue weighted by Gasteiger charge is -2.08. The zero-order valence-corrected chi connectivity index (χ0v) is 11.0. The van der Waals surface area contributed by atoms with E-state index in [9.17, 15) is 10.1 Å². The van der Waals surface area contributed by atoms with Crippen LogP contribution in [0.15, 0.2) is 42.5 Å². The first-order chi connectivity index (χ1) is 9.60. The first-order valence-corrected chi connectivity index (χ1v) is 6.01. The maximum atomic E-state index is 10.7. The van der Waals surface area contributed by atoms with Crippen LogP contribution in [0.3, 0.4) is 0 Å². The van der Waals surface area contributed by atoms with Gasteiger partial charge in [0, 0.05) is 18.3 Å². The number of nitrogen functional groups attached to an aromatic ring is 1. The molecular formula is C14H15N3O3. The molecule has 0 aromatic heterocycles. The minimum atomic E-state index is -0.497. The number of nitrogens with zero attached hydrogens (tertiary/aromatic N) is 1. The minimum absolute atomic E-state index is 0.0833. The summed E-state index contributed by atoms with van der Waals surface area (Å²) in [5.41, 5.74) is 7.51. The van der Waals surface area contributed by atoms with Crippen molar-refractivity contribution in [1.29, 1.82) is 0 Å². The number of nitro groups is 1. The first kappa shape index (κ1) is 13.7. The Morgan fingerprint density at radius 2 is 1.95 bits per heavy atom. The molecule has 6 heteroatoms. The molecule has 0 spiro atoms. The van der Waals surface area contributed by atoms with E-state index in [1.165, 1.54) is 6.07 Å². The lowest BCUT2D eigenvalue weighted by molar-refractivity contribution is -0.383. The third-order valence-electron chi connectivity index (χ3n) is 2.88. The fourth-order valence-corrected chi connectivity index (χ4v) is 1.78. The second-order valence-corrected chi connectivity index (χ2v) is 4.23. The Labute approximate surface area is 116 Å². The number of rotatable bonds is 5. The molecule has 0 saturated carbocycles. The van der Waals surface area contributed by atoms with Gasteiger partial charge in [-0.05, 0) is 29.8 Å². The van der Waals surface area contributed by atoms with Crippen molar-refractivity contribution in [2.24, 2.45) is 0 Å². The maximum Gasteiger partial charge on any atom is 0.292 e. The van der Waals surface area contributed by atoms with Crippen molar-refractivity contribution in [2.75, 3.05) is 18.2 Å². The zero-order chi connectivity index (χ0) is 14.5. The summed E-state index contributed by atoms with van der Waals surface area (Å²) in [7, 11) is 1.62. The fraction of sp³-hybridized carbons (Fsp3) is 0.143. The Morgan fingerprint density at radius 3 is 2.50 bits per heavy atom. The molecule has 0 aliphatic carbocycles. The van der Waals surface area contributed by atoms with Crippen LogP contribution in [0.1, 0.15) is 5.56 Å². The summed E-state index contributed by atoms with van der Waals surface area (Å²) in [6, 6.07) is 12.2. The third kappa shape index (κ3) is 3.17. The van der Waals surface area contributed by atoms with E-state index in [0.29, 0.717) is 6.54 Å². The van der Waals surface area contributed by atoms with Gasteiger partial charge in [0.15, 0.2) is 0 Å². The predicted molar refractivity (Wildman–Crippen MR) is 77.8 cm³/mol. The van der Waals surface area contributed by atoms with E-state index in [1.807, 2.05) is 24.3 Å². The molecule has 2 aromatic carbocycles. The molecule has 0 aliphatic rings. The lowest BCUT2D eigenvalue weighted by Crippen LogP contribution is -2.01. The van der Waals surface area contributed by atoms with E-state index in [2.05, 4.69) is 5.32 Å². The molecule has 0 amide bonds. The minimum Gasteiger partial charge on any atom is -0.497 e. The third-order valence-corrected chi connectivity index (χ3v) is 2.88. The number of methoxy groups -OCH3 is 1. The Morgan fingerprint density at radius 1 is 1.25 bits per heavy atom. The molecule has 2 rings (SSSR count). The highest BCUT2D eigenvalue weighted by molar-refractivity contribution is 5.65. The lowest BCUT2D eigenvalue weighted by atomic mass is 10.2. The van der Waals surface area contributed by atoms with Crippen molar-refractivity contribution < 1.29 is 9.66 Å². The van der Waals surface area contributed by atoms with Crippen LogP contribution in [0, 0.1) is 10.1 Å². The van der Waals surface area contributed by atoms with E-state index >= 15 is 0 Å². The van der Waals surface area contributed by atoms with Crippen LogP contribution in [0.5, 0.6) is 5.75 Å². The quantitative estimate of drug-likeness (QED) is 0.496. The normalized spacial score (nSPS) is 10.1. The number of nitrogens with one attached hydrogen (secondary N) is 1. The van der Waals surface area contributed by atoms with Gasteiger partial charge in [-0.3, -0.25) is 10.1 Å². The molecule has 0 heterocycles. The number of ether oxygens (including phenoxy) is 1. The SMILES string of the molecule is COc1ccc(CNc2ccc([N+](=O)[O-])c(N)c2)cc1. The molecule has 0 atom stereocenters. The van der Waals surface area contributed by atoms with Crippen molar-refractivity contribution in [2.45, 2.75) is 6.54 Å². The Bertz CT molecular complexity index is 612. The van der Waals surface area contributed by atoms with E-state index in [4.69, 9.17) is 10.5 Å². The maximum absolute atomic E-state index is 10.7. The Kier molecular flexibility index (Phi) is 4.05. The van der Waals surface area contributed by atoms with Gasteiger partial charge in [0.2, 0.25) is 0 Å². The van der Waals surface area contributed by atoms with Gasteiger partial charge in [-0.1, -0.05) is 12.1 Å². The van der Waals surface area contributed by atoms with Crippen molar-refractivity contribution in [3.63, 3.8) is 0 Å². The average Bonchev–Trinajstić information content (AvgIpc) is 2.45. The van der Waals surface area contributed by atoms with Crippen molar-refractivity contribution in [3.05, 3.63) is 58.1 Å². The van der Waals surface area contributed by atoms with E-state index in [0.717, 1.165) is 17.0 Å². The largest absolute Gasteiger partial charge is 0.497 e. The fourth-order valence-electron chi connectivity index (χ4n) is 1.78. The molecule has 20 heavy (non-hydrogen) atoms. The summed E-state index contributed by atoms with van der Waals surface area (Å²) >= 11 is 0. The molecule has 0 unspecified atom stereocenters. The second-order valence-electron chi connectivity index (χ2n) is 4.23. The van der Waals surface area contributed by atoms with Crippen LogP contribution >= 0.6 is 0 Å². The highest BCUT2D eigenvalue weighted by atomic mass is 16.6. The van der Waals surface area contributed by atoms with Gasteiger partial charge in [0.1, 0.15) is 11.4 Å². The average molecular weight is 273 g/mol. The van der Waals surface area contributed by atoms with Gasteiger partial charge < -0.3 is 15.8 Å². The standard InChI is InChI=1S/C14H15N3O3/c1-20-12-5-2-10(3-6-12)9-16-11-4-7-14(17(18)19)13(15)8-11/h2-8,16H,9,15H2,1H3. The van der Waals surface area contributed by atoms with Crippen LogP contribution in [0.2, 0.25) is 0 Å². The smallest absolute Gasteiger partial charge is 0.292 e. The van der Waals surface area contributed by atoms with Crippen LogP contribution in [0.4, 0.5) is 17.1 Å². The summed E-state index contributed by atoms with van der Waals surface area (Å²) in [5, 5.41) is 13.8. The molecular weight excluding hydrogens is 258 g/mol. The van der Waals surface area contributed by atoms with E-state index in [1.54, 1.807) is 19.2 Å². The molecule has 6 nitrogen and oxygen atoms in total. The summed E-state index contributed by atoms with van der Waals surface area (Å²) in [6.45, 7) is 0.598. The van der Waals surface area contributed by atoms with Crippen molar-refractivity contribution in [3.8, 4) is 5.75 Å². The summed E-state index contributed by atoms with van der Waals surface area (Å²) in [6.07, 6.45) is 0. The number of anilines is 2. The summed E-state index contributed by atoms with van der Waals surface area (Å²) < 4.78 is 5.08. The Hall–Kier alpha value is -2.76.